The second-order valence-corrected chi connectivity index (χ2v) is 7.53. The maximum Gasteiger partial charge on any atom is 0.341 e. The Morgan fingerprint density at radius 1 is 1.38 bits per heavy atom. The molecule has 1 aromatic carbocycles. The van der Waals surface area contributed by atoms with E-state index in [2.05, 4.69) is 17.9 Å². The van der Waals surface area contributed by atoms with Crippen molar-refractivity contribution in [1.82, 2.24) is 4.72 Å². The highest BCUT2D eigenvalue weighted by Gasteiger charge is 2.22. The number of allylic oxidation sites excluding steroid dienone is 1. The molecule has 1 saturated heterocycles. The molecule has 0 amide bonds. The molecule has 0 unspecified atom stereocenters. The van der Waals surface area contributed by atoms with Gasteiger partial charge in [-0.2, -0.15) is 0 Å². The number of benzene rings is 1. The van der Waals surface area contributed by atoms with Gasteiger partial charge in [0, 0.05) is 18.9 Å². The molecule has 142 valence electrons. The van der Waals surface area contributed by atoms with Gasteiger partial charge in [0.25, 0.3) is 10.0 Å². The molecule has 0 atom stereocenters. The van der Waals surface area contributed by atoms with Crippen LogP contribution in [0.1, 0.15) is 23.2 Å². The molecule has 0 aromatic heterocycles. The maximum atomic E-state index is 12.4. The summed E-state index contributed by atoms with van der Waals surface area (Å²) in [7, 11) is -2.66. The molecule has 1 N–H and O–H groups in total. The zero-order chi connectivity index (χ0) is 19.2. The quantitative estimate of drug-likeness (QED) is 0.549. The molecular weight excluding hydrogens is 358 g/mol. The standard InChI is InChI=1S/C18H23NO6S/c1-4-13(2)19-26(21,22)15-5-6-17(16(11-15)18(20)23-3)25-12-14-7-9-24-10-8-14/h4-6,11,14,19H,1-2,7-10,12H2,3H3. The Hall–Kier alpha value is -2.32. The number of carbonyl (C=O) groups is 1. The second-order valence-electron chi connectivity index (χ2n) is 5.85. The predicted molar refractivity (Wildman–Crippen MR) is 96.5 cm³/mol. The van der Waals surface area contributed by atoms with Crippen molar-refractivity contribution in [1.29, 1.82) is 0 Å². The molecule has 0 aliphatic carbocycles. The van der Waals surface area contributed by atoms with Crippen molar-refractivity contribution in [2.45, 2.75) is 17.7 Å². The van der Waals surface area contributed by atoms with Crippen LogP contribution in [0.3, 0.4) is 0 Å². The summed E-state index contributed by atoms with van der Waals surface area (Å²) in [6.07, 6.45) is 3.05. The van der Waals surface area contributed by atoms with Crippen LogP contribution < -0.4 is 9.46 Å². The number of hydrogen-bond donors (Lipinski definition) is 1. The Bertz CT molecular complexity index is 781. The minimum Gasteiger partial charge on any atom is -0.492 e. The normalized spacial score (nSPS) is 15.1. The van der Waals surface area contributed by atoms with Gasteiger partial charge in [0.2, 0.25) is 0 Å². The molecule has 0 bridgehead atoms. The number of carbonyl (C=O) groups excluding carboxylic acids is 1. The van der Waals surface area contributed by atoms with Crippen LogP contribution in [0.5, 0.6) is 5.75 Å². The highest BCUT2D eigenvalue weighted by atomic mass is 32.2. The molecule has 1 aliphatic rings. The van der Waals surface area contributed by atoms with Gasteiger partial charge in [0.05, 0.1) is 18.6 Å². The summed E-state index contributed by atoms with van der Waals surface area (Å²) in [5.41, 5.74) is 0.177. The first-order chi connectivity index (χ1) is 12.4. The fourth-order valence-electron chi connectivity index (χ4n) is 2.47. The van der Waals surface area contributed by atoms with Crippen LogP contribution in [0.4, 0.5) is 0 Å². The third kappa shape index (κ3) is 5.09. The lowest BCUT2D eigenvalue weighted by Crippen LogP contribution is -2.23. The van der Waals surface area contributed by atoms with Gasteiger partial charge < -0.3 is 14.2 Å². The Balaban J connectivity index is 2.24. The van der Waals surface area contributed by atoms with Crippen molar-refractivity contribution < 1.29 is 27.4 Å². The number of hydrogen-bond acceptors (Lipinski definition) is 6. The molecule has 7 nitrogen and oxygen atoms in total. The first-order valence-corrected chi connectivity index (χ1v) is 9.62. The summed E-state index contributed by atoms with van der Waals surface area (Å²) in [5, 5.41) is 0. The molecular formula is C18H23NO6S. The van der Waals surface area contributed by atoms with E-state index >= 15 is 0 Å². The average Bonchev–Trinajstić information content (AvgIpc) is 2.65. The second kappa shape index (κ2) is 8.86. The van der Waals surface area contributed by atoms with Gasteiger partial charge in [0.15, 0.2) is 0 Å². The molecule has 0 saturated carbocycles. The van der Waals surface area contributed by atoms with Crippen molar-refractivity contribution in [3.63, 3.8) is 0 Å². The Morgan fingerprint density at radius 3 is 2.69 bits per heavy atom. The zero-order valence-electron chi connectivity index (χ0n) is 14.7. The van der Waals surface area contributed by atoms with E-state index in [0.29, 0.717) is 25.7 Å². The predicted octanol–water partition coefficient (Wildman–Crippen LogP) is 2.26. The van der Waals surface area contributed by atoms with Gasteiger partial charge in [-0.3, -0.25) is 4.72 Å². The summed E-state index contributed by atoms with van der Waals surface area (Å²) in [5.74, 6) is -0.0633. The van der Waals surface area contributed by atoms with Gasteiger partial charge in [0.1, 0.15) is 11.3 Å². The monoisotopic (exact) mass is 381 g/mol. The van der Waals surface area contributed by atoms with Crippen LogP contribution in [-0.4, -0.2) is 41.3 Å². The molecule has 1 aromatic rings. The summed E-state index contributed by atoms with van der Waals surface area (Å²) in [4.78, 5) is 12.0. The third-order valence-electron chi connectivity index (χ3n) is 3.99. The zero-order valence-corrected chi connectivity index (χ0v) is 15.5. The number of sulfonamides is 1. The summed E-state index contributed by atoms with van der Waals surface area (Å²) in [6, 6.07) is 4.05. The van der Waals surface area contributed by atoms with Gasteiger partial charge in [-0.05, 0) is 43.0 Å². The minimum absolute atomic E-state index is 0.0478. The van der Waals surface area contributed by atoms with E-state index in [4.69, 9.17) is 14.2 Å². The van der Waals surface area contributed by atoms with E-state index in [-0.39, 0.29) is 21.9 Å². The molecule has 8 heteroatoms. The topological polar surface area (TPSA) is 90.9 Å². The van der Waals surface area contributed by atoms with E-state index in [1.54, 1.807) is 0 Å². The number of esters is 1. The highest BCUT2D eigenvalue weighted by molar-refractivity contribution is 7.89. The van der Waals surface area contributed by atoms with Crippen molar-refractivity contribution >= 4 is 16.0 Å². The number of nitrogens with one attached hydrogen (secondary N) is 1. The molecule has 0 spiro atoms. The van der Waals surface area contributed by atoms with Crippen LogP contribution in [0.15, 0.2) is 48.0 Å². The van der Waals surface area contributed by atoms with Crippen molar-refractivity contribution in [2.75, 3.05) is 26.9 Å². The van der Waals surface area contributed by atoms with Crippen molar-refractivity contribution in [3.05, 3.63) is 48.7 Å². The van der Waals surface area contributed by atoms with E-state index in [1.807, 2.05) is 0 Å². The lowest BCUT2D eigenvalue weighted by atomic mass is 10.0. The smallest absolute Gasteiger partial charge is 0.341 e. The third-order valence-corrected chi connectivity index (χ3v) is 5.40. The summed E-state index contributed by atoms with van der Waals surface area (Å²) < 4.78 is 42.8. The van der Waals surface area contributed by atoms with E-state index in [0.717, 1.165) is 12.8 Å². The number of ether oxygens (including phenoxy) is 3. The Morgan fingerprint density at radius 2 is 2.08 bits per heavy atom. The fourth-order valence-corrected chi connectivity index (χ4v) is 3.53. The van der Waals surface area contributed by atoms with E-state index < -0.39 is 16.0 Å². The van der Waals surface area contributed by atoms with Gasteiger partial charge in [-0.1, -0.05) is 13.2 Å². The first kappa shape index (κ1) is 20.0. The Labute approximate surface area is 153 Å². The molecule has 1 aliphatic heterocycles. The van der Waals surface area contributed by atoms with E-state index in [9.17, 15) is 13.2 Å². The summed E-state index contributed by atoms with van der Waals surface area (Å²) >= 11 is 0. The Kier molecular flexibility index (Phi) is 6.82. The fraction of sp³-hybridized carbons (Fsp3) is 0.389. The lowest BCUT2D eigenvalue weighted by Gasteiger charge is -2.22. The SMILES string of the molecule is C=CC(=C)NS(=O)(=O)c1ccc(OCC2CCOCC2)c(C(=O)OC)c1. The largest absolute Gasteiger partial charge is 0.492 e. The summed E-state index contributed by atoms with van der Waals surface area (Å²) in [6.45, 7) is 8.77. The highest BCUT2D eigenvalue weighted by Crippen LogP contribution is 2.25. The average molecular weight is 381 g/mol. The lowest BCUT2D eigenvalue weighted by molar-refractivity contribution is 0.0483. The molecule has 1 heterocycles. The van der Waals surface area contributed by atoms with Gasteiger partial charge in [-0.25, -0.2) is 13.2 Å². The molecule has 26 heavy (non-hydrogen) atoms. The minimum atomic E-state index is -3.89. The van der Waals surface area contributed by atoms with Crippen LogP contribution >= 0.6 is 0 Å². The van der Waals surface area contributed by atoms with Crippen LogP contribution in [0, 0.1) is 5.92 Å². The van der Waals surface area contributed by atoms with Crippen molar-refractivity contribution in [2.24, 2.45) is 5.92 Å². The van der Waals surface area contributed by atoms with Crippen LogP contribution in [0.25, 0.3) is 0 Å². The van der Waals surface area contributed by atoms with Gasteiger partial charge in [-0.15, -0.1) is 0 Å². The number of rotatable bonds is 8. The first-order valence-electron chi connectivity index (χ1n) is 8.14. The molecule has 0 radical (unpaired) electrons. The van der Waals surface area contributed by atoms with E-state index in [1.165, 1.54) is 31.4 Å². The maximum absolute atomic E-state index is 12.4. The number of methoxy groups -OCH3 is 1. The van der Waals surface area contributed by atoms with Crippen molar-refractivity contribution in [3.8, 4) is 5.75 Å². The van der Waals surface area contributed by atoms with Crippen LogP contribution in [-0.2, 0) is 19.5 Å². The van der Waals surface area contributed by atoms with Gasteiger partial charge >= 0.3 is 5.97 Å². The van der Waals surface area contributed by atoms with Crippen LogP contribution in [0.2, 0.25) is 0 Å². The molecule has 2 rings (SSSR count). The molecule has 1 fully saturated rings.